The van der Waals surface area contributed by atoms with Gasteiger partial charge < -0.3 is 25.7 Å². The summed E-state index contributed by atoms with van der Waals surface area (Å²) in [6.07, 6.45) is 5.87. The van der Waals surface area contributed by atoms with Crippen molar-refractivity contribution in [2.75, 3.05) is 6.54 Å². The zero-order chi connectivity index (χ0) is 32.9. The van der Waals surface area contributed by atoms with Gasteiger partial charge in [-0.25, -0.2) is 5.43 Å². The quantitative estimate of drug-likeness (QED) is 0.179. The molecule has 11 heteroatoms. The molecule has 1 saturated carbocycles. The first kappa shape index (κ1) is 34.1. The van der Waals surface area contributed by atoms with Crippen molar-refractivity contribution in [3.05, 3.63) is 47.7 Å². The van der Waals surface area contributed by atoms with Gasteiger partial charge in [-0.3, -0.25) is 24.4 Å². The molecular formula is C34H46N5O6-. The van der Waals surface area contributed by atoms with E-state index >= 15 is 0 Å². The summed E-state index contributed by atoms with van der Waals surface area (Å²) in [5.74, 6) is -2.79. The lowest BCUT2D eigenvalue weighted by molar-refractivity contribution is -0.225. The molecule has 2 aliphatic rings. The van der Waals surface area contributed by atoms with E-state index in [2.05, 4.69) is 17.7 Å². The fourth-order valence-corrected chi connectivity index (χ4v) is 5.86. The summed E-state index contributed by atoms with van der Waals surface area (Å²) >= 11 is 0. The minimum atomic E-state index is -1.16. The van der Waals surface area contributed by atoms with Gasteiger partial charge in [0.15, 0.2) is 6.10 Å². The number of pyridine rings is 1. The summed E-state index contributed by atoms with van der Waals surface area (Å²) in [6.45, 7) is 9.22. The highest BCUT2D eigenvalue weighted by molar-refractivity contribution is 5.91. The predicted molar refractivity (Wildman–Crippen MR) is 170 cm³/mol. The minimum Gasteiger partial charge on any atom is -0.861 e. The van der Waals surface area contributed by atoms with Gasteiger partial charge in [0, 0.05) is 17.6 Å². The van der Waals surface area contributed by atoms with Gasteiger partial charge in [0.2, 0.25) is 0 Å². The summed E-state index contributed by atoms with van der Waals surface area (Å²) in [4.78, 5) is 45.1. The van der Waals surface area contributed by atoms with Crippen LogP contribution in [-0.4, -0.2) is 69.1 Å². The number of nitrogens with zero attached hydrogens (tertiary/aromatic N) is 2. The number of amides is 2. The number of nitrogens with one attached hydrogen (secondary N) is 3. The second kappa shape index (κ2) is 14.1. The highest BCUT2D eigenvalue weighted by Gasteiger charge is 2.46. The maximum atomic E-state index is 14.0. The van der Waals surface area contributed by atoms with Crippen LogP contribution in [0.15, 0.2) is 36.4 Å². The normalized spacial score (nSPS) is 25.2. The zero-order valence-corrected chi connectivity index (χ0v) is 26.9. The Hall–Kier alpha value is -3.83. The molecule has 3 atom stereocenters. The molecule has 2 amide bonds. The van der Waals surface area contributed by atoms with E-state index in [4.69, 9.17) is 15.1 Å². The van der Waals surface area contributed by atoms with E-state index < -0.39 is 52.9 Å². The van der Waals surface area contributed by atoms with E-state index in [0.717, 1.165) is 28.6 Å². The lowest BCUT2D eigenvalue weighted by Gasteiger charge is -2.40. The summed E-state index contributed by atoms with van der Waals surface area (Å²) in [5, 5.41) is 34.5. The smallest absolute Gasteiger partial charge is 0.316 e. The van der Waals surface area contributed by atoms with Crippen LogP contribution in [0.2, 0.25) is 0 Å². The Kier molecular flexibility index (Phi) is 10.7. The van der Waals surface area contributed by atoms with Crippen LogP contribution in [0.4, 0.5) is 0 Å². The molecule has 4 rings (SSSR count). The number of benzene rings is 1. The largest absolute Gasteiger partial charge is 0.861 e. The zero-order valence-electron chi connectivity index (χ0n) is 26.9. The minimum absolute atomic E-state index is 0.344. The number of carbonyl (C=O) groups excluding carboxylic acids is 3. The molecule has 45 heavy (non-hydrogen) atoms. The van der Waals surface area contributed by atoms with Gasteiger partial charge in [-0.05, 0) is 88.3 Å². The predicted octanol–water partition coefficient (Wildman–Crippen LogP) is 3.03. The highest BCUT2D eigenvalue weighted by Crippen LogP contribution is 2.44. The lowest BCUT2D eigenvalue weighted by Crippen LogP contribution is -2.61. The van der Waals surface area contributed by atoms with Crippen molar-refractivity contribution in [3.63, 3.8) is 0 Å². The molecule has 2 heterocycles. The van der Waals surface area contributed by atoms with Crippen LogP contribution >= 0.6 is 0 Å². The Morgan fingerprint density at radius 1 is 1.20 bits per heavy atom. The molecule has 0 unspecified atom stereocenters. The third-order valence-electron chi connectivity index (χ3n) is 8.95. The van der Waals surface area contributed by atoms with Gasteiger partial charge in [0.05, 0.1) is 22.6 Å². The van der Waals surface area contributed by atoms with E-state index in [1.165, 1.54) is 11.9 Å². The van der Waals surface area contributed by atoms with Crippen LogP contribution in [0, 0.1) is 16.7 Å². The monoisotopic (exact) mass is 620 g/mol. The summed E-state index contributed by atoms with van der Waals surface area (Å²) < 4.78 is 5.94. The van der Waals surface area contributed by atoms with E-state index in [1.54, 1.807) is 20.8 Å². The number of aliphatic hydroxyl groups is 1. The number of ether oxygens (including phenoxy) is 1. The van der Waals surface area contributed by atoms with Crippen LogP contribution in [-0.2, 0) is 25.5 Å². The number of hydrazine groups is 1. The fourth-order valence-electron chi connectivity index (χ4n) is 5.86. The molecule has 1 saturated heterocycles. The average molecular weight is 621 g/mol. The molecule has 1 aliphatic heterocycles. The number of hydrogen-bond donors (Lipinski definition) is 4. The first-order chi connectivity index (χ1) is 21.2. The van der Waals surface area contributed by atoms with Gasteiger partial charge in [-0.15, -0.1) is 0 Å². The van der Waals surface area contributed by atoms with Gasteiger partial charge in [0.1, 0.15) is 6.04 Å². The SMILES string of the molecule is CCc1ccc2ccc(/C=C/C3(C(=O)O[C@H](C(=O)N[C@@H](C)C(=O)N4CCC[C@@H](C(=N)[O-])N4)C(C)C)CCC(C)(O)CC3)cc2n1. The maximum absolute atomic E-state index is 14.0. The molecule has 2 fully saturated rings. The first-order valence-corrected chi connectivity index (χ1v) is 15.9. The number of aryl methyl sites for hydroxylation is 1. The number of rotatable bonds is 10. The molecular weight excluding hydrogens is 574 g/mol. The third kappa shape index (κ3) is 8.26. The van der Waals surface area contributed by atoms with Crippen LogP contribution in [0.3, 0.4) is 0 Å². The molecule has 0 radical (unpaired) electrons. The van der Waals surface area contributed by atoms with Crippen molar-refractivity contribution in [1.82, 2.24) is 20.7 Å². The Balaban J connectivity index is 1.51. The molecule has 1 aliphatic carbocycles. The van der Waals surface area contributed by atoms with Gasteiger partial charge in [0.25, 0.3) is 11.8 Å². The Labute approximate surface area is 264 Å². The van der Waals surface area contributed by atoms with Crippen molar-refractivity contribution in [2.45, 2.75) is 103 Å². The van der Waals surface area contributed by atoms with Crippen molar-refractivity contribution in [1.29, 1.82) is 5.41 Å². The number of fused-ring (bicyclic) bond motifs is 1. The number of hydrogen-bond acceptors (Lipinski definition) is 9. The lowest BCUT2D eigenvalue weighted by atomic mass is 9.68. The van der Waals surface area contributed by atoms with Crippen molar-refractivity contribution < 1.29 is 29.3 Å². The number of esters is 1. The molecule has 1 aromatic carbocycles. The van der Waals surface area contributed by atoms with Gasteiger partial charge >= 0.3 is 5.97 Å². The molecule has 0 bridgehead atoms. The molecule has 11 nitrogen and oxygen atoms in total. The topological polar surface area (TPSA) is 168 Å². The summed E-state index contributed by atoms with van der Waals surface area (Å²) in [6, 6.07) is 8.26. The van der Waals surface area contributed by atoms with Crippen molar-refractivity contribution in [3.8, 4) is 0 Å². The van der Waals surface area contributed by atoms with E-state index in [9.17, 15) is 24.6 Å². The van der Waals surface area contributed by atoms with Crippen LogP contribution < -0.4 is 15.8 Å². The van der Waals surface area contributed by atoms with Gasteiger partial charge in [-0.2, -0.15) is 0 Å². The highest BCUT2D eigenvalue weighted by atomic mass is 16.5. The fraction of sp³-hybridized carbons (Fsp3) is 0.559. The van der Waals surface area contributed by atoms with Crippen LogP contribution in [0.5, 0.6) is 0 Å². The second-order valence-electron chi connectivity index (χ2n) is 13.1. The van der Waals surface area contributed by atoms with E-state index in [-0.39, 0.29) is 5.92 Å². The standard InChI is InChI=1S/C34H47N5O6/c1-6-25-12-11-24-10-9-23(20-27(24)37-25)13-14-34(17-15-33(5,44)16-18-34)32(43)45-28(21(2)3)30(41)36-22(4)31(42)39-19-7-8-26(38-39)29(35)40/h9-14,20-22,26,28,38,44H,6-8,15-19H2,1-5H3,(H2,35,40)(H,36,41)/p-1/b14-13+/t22-,26-,28-,33?,34?/m0/s1. The van der Waals surface area contributed by atoms with E-state index in [1.807, 2.05) is 42.5 Å². The molecule has 2 aromatic rings. The van der Waals surface area contributed by atoms with Crippen molar-refractivity contribution >= 4 is 40.7 Å². The molecule has 4 N–H and O–H groups in total. The Bertz CT molecular complexity index is 1440. The first-order valence-electron chi connectivity index (χ1n) is 15.9. The van der Waals surface area contributed by atoms with Gasteiger partial charge in [-0.1, -0.05) is 51.1 Å². The maximum Gasteiger partial charge on any atom is 0.316 e. The van der Waals surface area contributed by atoms with Crippen molar-refractivity contribution in [2.24, 2.45) is 11.3 Å². The average Bonchev–Trinajstić information content (AvgIpc) is 3.02. The third-order valence-corrected chi connectivity index (χ3v) is 8.95. The number of aromatic nitrogens is 1. The Morgan fingerprint density at radius 3 is 2.53 bits per heavy atom. The summed E-state index contributed by atoms with van der Waals surface area (Å²) in [5.41, 5.74) is 3.53. The molecule has 1 aromatic heterocycles. The molecule has 244 valence electrons. The number of carbonyl (C=O) groups is 3. The van der Waals surface area contributed by atoms with E-state index in [0.29, 0.717) is 45.1 Å². The Morgan fingerprint density at radius 2 is 1.89 bits per heavy atom. The second-order valence-corrected chi connectivity index (χ2v) is 13.1. The van der Waals surface area contributed by atoms with Crippen LogP contribution in [0.25, 0.3) is 17.0 Å². The van der Waals surface area contributed by atoms with Crippen LogP contribution in [0.1, 0.15) is 84.4 Å². The molecule has 0 spiro atoms. The summed E-state index contributed by atoms with van der Waals surface area (Å²) in [7, 11) is 0.